The molecule has 1 heterocycles. The second-order valence-electron chi connectivity index (χ2n) is 8.29. The predicted molar refractivity (Wildman–Crippen MR) is 106 cm³/mol. The average molecular weight is 367 g/mol. The van der Waals surface area contributed by atoms with E-state index in [4.69, 9.17) is 14.2 Å². The van der Waals surface area contributed by atoms with Crippen LogP contribution < -0.4 is 0 Å². The van der Waals surface area contributed by atoms with Crippen LogP contribution in [0.15, 0.2) is 23.8 Å². The van der Waals surface area contributed by atoms with E-state index in [1.165, 1.54) is 6.42 Å². The fraction of sp³-hybridized carbons (Fsp3) is 0.773. The van der Waals surface area contributed by atoms with Crippen LogP contribution in [0.25, 0.3) is 0 Å². The lowest BCUT2D eigenvalue weighted by molar-refractivity contribution is -0.307. The Balaban J connectivity index is 2.75. The van der Waals surface area contributed by atoms with Crippen molar-refractivity contribution in [1.82, 2.24) is 0 Å². The van der Waals surface area contributed by atoms with Crippen molar-refractivity contribution in [2.75, 3.05) is 20.8 Å². The first kappa shape index (κ1) is 23.1. The molecule has 0 amide bonds. The van der Waals surface area contributed by atoms with Gasteiger partial charge in [0.15, 0.2) is 5.79 Å². The second kappa shape index (κ2) is 10.4. The van der Waals surface area contributed by atoms with Gasteiger partial charge in [0.1, 0.15) is 11.9 Å². The number of methoxy groups -OCH3 is 2. The van der Waals surface area contributed by atoms with Crippen molar-refractivity contribution < 1.29 is 19.0 Å². The molecule has 1 aliphatic heterocycles. The summed E-state index contributed by atoms with van der Waals surface area (Å²) in [4.78, 5) is 10.8. The maximum absolute atomic E-state index is 10.8. The minimum Gasteiger partial charge on any atom is -0.365 e. The molecule has 150 valence electrons. The Kier molecular flexibility index (Phi) is 9.22. The number of allylic oxidation sites excluding steroid dienone is 3. The van der Waals surface area contributed by atoms with Crippen molar-refractivity contribution >= 4 is 6.29 Å². The molecular formula is C22H38O4. The highest BCUT2D eigenvalue weighted by atomic mass is 16.7. The van der Waals surface area contributed by atoms with Gasteiger partial charge in [-0.1, -0.05) is 38.8 Å². The summed E-state index contributed by atoms with van der Waals surface area (Å²) in [6.07, 6.45) is 13.6. The van der Waals surface area contributed by atoms with E-state index in [0.717, 1.165) is 44.0 Å². The third kappa shape index (κ3) is 6.04. The van der Waals surface area contributed by atoms with E-state index in [2.05, 4.69) is 39.8 Å². The van der Waals surface area contributed by atoms with Crippen molar-refractivity contribution in [1.29, 1.82) is 0 Å². The molecule has 1 atom stereocenters. The molecule has 0 N–H and O–H groups in total. The lowest BCUT2D eigenvalue weighted by Gasteiger charge is -2.45. The number of hydrogen-bond donors (Lipinski definition) is 0. The minimum atomic E-state index is -0.786. The quantitative estimate of drug-likeness (QED) is 0.175. The molecule has 0 spiro atoms. The maximum atomic E-state index is 10.8. The van der Waals surface area contributed by atoms with Crippen LogP contribution >= 0.6 is 0 Å². The van der Waals surface area contributed by atoms with E-state index in [1.54, 1.807) is 20.3 Å². The fourth-order valence-corrected chi connectivity index (χ4v) is 3.84. The monoisotopic (exact) mass is 366 g/mol. The molecule has 0 aromatic carbocycles. The van der Waals surface area contributed by atoms with Gasteiger partial charge in [0.05, 0.1) is 6.61 Å². The zero-order valence-corrected chi connectivity index (χ0v) is 17.6. The van der Waals surface area contributed by atoms with Crippen molar-refractivity contribution in [3.63, 3.8) is 0 Å². The zero-order chi connectivity index (χ0) is 19.7. The normalized spacial score (nSPS) is 25.5. The van der Waals surface area contributed by atoms with Crippen LogP contribution in [0.5, 0.6) is 0 Å². The predicted octanol–water partition coefficient (Wildman–Crippen LogP) is 5.22. The molecule has 0 bridgehead atoms. The summed E-state index contributed by atoms with van der Waals surface area (Å²) in [5, 5.41) is 0. The lowest BCUT2D eigenvalue weighted by Crippen LogP contribution is -2.55. The molecule has 0 aromatic heterocycles. The highest BCUT2D eigenvalue weighted by molar-refractivity contribution is 5.66. The third-order valence-electron chi connectivity index (χ3n) is 5.78. The SMILES string of the molecule is C/C=C/CC(C)(C)CCCC[C@]1(C)OC/C(=C/C=O)CCC1(OC)OC. The fourth-order valence-electron chi connectivity index (χ4n) is 3.84. The van der Waals surface area contributed by atoms with E-state index < -0.39 is 11.4 Å². The largest absolute Gasteiger partial charge is 0.365 e. The van der Waals surface area contributed by atoms with Gasteiger partial charge >= 0.3 is 0 Å². The molecule has 1 aliphatic rings. The summed E-state index contributed by atoms with van der Waals surface area (Å²) in [5.74, 6) is -0.786. The summed E-state index contributed by atoms with van der Waals surface area (Å²) in [6.45, 7) is 9.25. The van der Waals surface area contributed by atoms with Gasteiger partial charge in [-0.3, -0.25) is 4.79 Å². The van der Waals surface area contributed by atoms with Crippen LogP contribution in [-0.4, -0.2) is 38.5 Å². The Morgan fingerprint density at radius 1 is 1.23 bits per heavy atom. The molecule has 1 fully saturated rings. The van der Waals surface area contributed by atoms with Crippen molar-refractivity contribution in [3.05, 3.63) is 23.8 Å². The summed E-state index contributed by atoms with van der Waals surface area (Å²) in [5.41, 5.74) is 0.772. The van der Waals surface area contributed by atoms with Gasteiger partial charge in [0, 0.05) is 20.6 Å². The number of ether oxygens (including phenoxy) is 3. The minimum absolute atomic E-state index is 0.317. The molecule has 4 heteroatoms. The average Bonchev–Trinajstić information content (AvgIpc) is 2.75. The molecule has 1 saturated heterocycles. The third-order valence-corrected chi connectivity index (χ3v) is 5.78. The van der Waals surface area contributed by atoms with E-state index >= 15 is 0 Å². The van der Waals surface area contributed by atoms with Crippen molar-refractivity contribution in [3.8, 4) is 0 Å². The Morgan fingerprint density at radius 2 is 1.92 bits per heavy atom. The first-order chi connectivity index (χ1) is 12.3. The number of carbonyl (C=O) groups excluding carboxylic acids is 1. The molecule has 1 rings (SSSR count). The molecule has 0 aromatic rings. The van der Waals surface area contributed by atoms with Gasteiger partial charge in [-0.25, -0.2) is 0 Å². The van der Waals surface area contributed by atoms with Crippen LogP contribution in [0.4, 0.5) is 0 Å². The highest BCUT2D eigenvalue weighted by Crippen LogP contribution is 2.42. The molecule has 0 unspecified atom stereocenters. The Morgan fingerprint density at radius 3 is 2.50 bits per heavy atom. The van der Waals surface area contributed by atoms with E-state index in [-0.39, 0.29) is 0 Å². The number of aldehydes is 1. The molecule has 4 nitrogen and oxygen atoms in total. The smallest absolute Gasteiger partial charge is 0.197 e. The molecule has 26 heavy (non-hydrogen) atoms. The summed E-state index contributed by atoms with van der Waals surface area (Å²) < 4.78 is 17.9. The first-order valence-electron chi connectivity index (χ1n) is 9.77. The van der Waals surface area contributed by atoms with Gasteiger partial charge in [0.2, 0.25) is 0 Å². The molecular weight excluding hydrogens is 328 g/mol. The Labute approximate surface area is 160 Å². The van der Waals surface area contributed by atoms with Crippen LogP contribution in [-0.2, 0) is 19.0 Å². The molecule has 0 saturated carbocycles. The number of hydrogen-bond acceptors (Lipinski definition) is 4. The van der Waals surface area contributed by atoms with Gasteiger partial charge in [0.25, 0.3) is 0 Å². The van der Waals surface area contributed by atoms with Gasteiger partial charge < -0.3 is 14.2 Å². The molecule has 0 radical (unpaired) electrons. The number of carbonyl (C=O) groups is 1. The van der Waals surface area contributed by atoms with E-state index in [0.29, 0.717) is 18.4 Å². The summed E-state index contributed by atoms with van der Waals surface area (Å²) in [6, 6.07) is 0. The van der Waals surface area contributed by atoms with E-state index in [9.17, 15) is 4.79 Å². The van der Waals surface area contributed by atoms with Gasteiger partial charge in [-0.05, 0) is 56.6 Å². The van der Waals surface area contributed by atoms with E-state index in [1.807, 2.05) is 0 Å². The lowest BCUT2D eigenvalue weighted by atomic mass is 9.81. The first-order valence-corrected chi connectivity index (χ1v) is 9.77. The summed E-state index contributed by atoms with van der Waals surface area (Å²) in [7, 11) is 3.36. The zero-order valence-electron chi connectivity index (χ0n) is 17.6. The maximum Gasteiger partial charge on any atom is 0.197 e. The summed E-state index contributed by atoms with van der Waals surface area (Å²) >= 11 is 0. The van der Waals surface area contributed by atoms with Crippen LogP contribution in [0.2, 0.25) is 0 Å². The number of unbranched alkanes of at least 4 members (excludes halogenated alkanes) is 1. The second-order valence-corrected chi connectivity index (χ2v) is 8.29. The van der Waals surface area contributed by atoms with Crippen molar-refractivity contribution in [2.45, 2.75) is 84.0 Å². The van der Waals surface area contributed by atoms with Gasteiger partial charge in [-0.2, -0.15) is 0 Å². The topological polar surface area (TPSA) is 44.8 Å². The highest BCUT2D eigenvalue weighted by Gasteiger charge is 2.51. The Hall–Kier alpha value is -0.970. The number of rotatable bonds is 10. The van der Waals surface area contributed by atoms with Crippen LogP contribution in [0.1, 0.15) is 72.6 Å². The van der Waals surface area contributed by atoms with Crippen LogP contribution in [0, 0.1) is 5.41 Å². The van der Waals surface area contributed by atoms with Gasteiger partial charge in [-0.15, -0.1) is 0 Å². The van der Waals surface area contributed by atoms with Crippen LogP contribution in [0.3, 0.4) is 0 Å². The van der Waals surface area contributed by atoms with Crippen molar-refractivity contribution in [2.24, 2.45) is 5.41 Å². The molecule has 0 aliphatic carbocycles. The Bertz CT molecular complexity index is 488. The standard InChI is InChI=1S/C22H38O4/c1-7-8-13-20(2,3)14-9-10-15-21(4)22(24-5,25-6)16-11-19(12-17-23)18-26-21/h7-8,12,17H,9-11,13-16,18H2,1-6H3/b8-7+,19-12+/t21-/m0/s1.